The van der Waals surface area contributed by atoms with Gasteiger partial charge in [-0.2, -0.15) is 0 Å². The van der Waals surface area contributed by atoms with Crippen molar-refractivity contribution in [1.82, 2.24) is 4.90 Å². The van der Waals surface area contributed by atoms with Gasteiger partial charge in [0.2, 0.25) is 0 Å². The lowest BCUT2D eigenvalue weighted by Gasteiger charge is -2.00. The zero-order chi connectivity index (χ0) is 14.1. The maximum absolute atomic E-state index is 3.74. The number of allylic oxidation sites excluding steroid dienone is 1. The SMILES string of the molecule is C=CCCCCCCCCCCCC.CN(C)C.Cl. The molecule has 0 aliphatic rings. The third-order valence-corrected chi connectivity index (χ3v) is 2.76. The lowest BCUT2D eigenvalue weighted by molar-refractivity contribution is 0.505. The van der Waals surface area contributed by atoms with Crippen molar-refractivity contribution in [3.05, 3.63) is 12.7 Å². The fourth-order valence-corrected chi connectivity index (χ4v) is 1.78. The van der Waals surface area contributed by atoms with Crippen LogP contribution < -0.4 is 0 Å². The first-order chi connectivity index (χ1) is 8.65. The van der Waals surface area contributed by atoms with E-state index >= 15 is 0 Å². The molecule has 0 bridgehead atoms. The van der Waals surface area contributed by atoms with Crippen molar-refractivity contribution in [2.75, 3.05) is 21.1 Å². The molecular weight excluding hydrogens is 254 g/mol. The highest BCUT2D eigenvalue weighted by Gasteiger charge is 1.91. The minimum Gasteiger partial charge on any atom is -0.312 e. The molecule has 0 radical (unpaired) electrons. The number of rotatable bonds is 11. The van der Waals surface area contributed by atoms with Crippen LogP contribution in [0.3, 0.4) is 0 Å². The summed E-state index contributed by atoms with van der Waals surface area (Å²) in [7, 11) is 6.00. The fraction of sp³-hybridized carbons (Fsp3) is 0.882. The van der Waals surface area contributed by atoms with Gasteiger partial charge in [0.25, 0.3) is 0 Å². The zero-order valence-corrected chi connectivity index (χ0v) is 14.7. The predicted octanol–water partition coefficient (Wildman–Crippen LogP) is 6.08. The second-order valence-electron chi connectivity index (χ2n) is 5.60. The van der Waals surface area contributed by atoms with Crippen LogP contribution in [0, 0.1) is 0 Å². The zero-order valence-electron chi connectivity index (χ0n) is 13.9. The number of unbranched alkanes of at least 4 members (excludes halogenated alkanes) is 10. The monoisotopic (exact) mass is 291 g/mol. The second-order valence-corrected chi connectivity index (χ2v) is 5.60. The van der Waals surface area contributed by atoms with Gasteiger partial charge >= 0.3 is 0 Å². The van der Waals surface area contributed by atoms with Gasteiger partial charge in [-0.1, -0.05) is 70.8 Å². The van der Waals surface area contributed by atoms with Crippen LogP contribution in [0.2, 0.25) is 0 Å². The summed E-state index contributed by atoms with van der Waals surface area (Å²) in [5, 5.41) is 0. The normalized spacial score (nSPS) is 9.53. The molecule has 0 aromatic rings. The van der Waals surface area contributed by atoms with Gasteiger partial charge in [0.1, 0.15) is 0 Å². The Kier molecular flexibility index (Phi) is 29.2. The highest BCUT2D eigenvalue weighted by atomic mass is 35.5. The molecule has 0 aromatic heterocycles. The average Bonchev–Trinajstić information content (AvgIpc) is 2.31. The smallest absolute Gasteiger partial charge is 0.0140 e. The van der Waals surface area contributed by atoms with Gasteiger partial charge in [-0.3, -0.25) is 0 Å². The van der Waals surface area contributed by atoms with Crippen LogP contribution in [-0.2, 0) is 0 Å². The lowest BCUT2D eigenvalue weighted by Crippen LogP contribution is -1.99. The molecular formula is C17H38ClN. The van der Waals surface area contributed by atoms with Crippen molar-refractivity contribution in [2.45, 2.75) is 77.6 Å². The Bertz CT molecular complexity index is 143. The quantitative estimate of drug-likeness (QED) is 0.329. The maximum Gasteiger partial charge on any atom is -0.0140 e. The van der Waals surface area contributed by atoms with Crippen molar-refractivity contribution in [2.24, 2.45) is 0 Å². The lowest BCUT2D eigenvalue weighted by atomic mass is 10.1. The number of halogens is 1. The van der Waals surface area contributed by atoms with Crippen LogP contribution in [0.15, 0.2) is 12.7 Å². The molecule has 0 aliphatic carbocycles. The van der Waals surface area contributed by atoms with Crippen molar-refractivity contribution in [1.29, 1.82) is 0 Å². The number of nitrogens with zero attached hydrogens (tertiary/aromatic N) is 1. The summed E-state index contributed by atoms with van der Waals surface area (Å²) in [5.74, 6) is 0. The predicted molar refractivity (Wildman–Crippen MR) is 93.5 cm³/mol. The maximum atomic E-state index is 3.74. The highest BCUT2D eigenvalue weighted by molar-refractivity contribution is 5.85. The molecule has 0 heterocycles. The summed E-state index contributed by atoms with van der Waals surface area (Å²) in [6, 6.07) is 0. The number of hydrogen-bond donors (Lipinski definition) is 0. The fourth-order valence-electron chi connectivity index (χ4n) is 1.78. The van der Waals surface area contributed by atoms with Crippen LogP contribution in [0.1, 0.15) is 77.6 Å². The van der Waals surface area contributed by atoms with Gasteiger partial charge in [0.15, 0.2) is 0 Å². The molecule has 0 N–H and O–H groups in total. The van der Waals surface area contributed by atoms with Gasteiger partial charge in [0, 0.05) is 0 Å². The summed E-state index contributed by atoms with van der Waals surface area (Å²) in [5.41, 5.74) is 0. The summed E-state index contributed by atoms with van der Waals surface area (Å²) in [4.78, 5) is 2.00. The van der Waals surface area contributed by atoms with E-state index in [-0.39, 0.29) is 12.4 Å². The standard InChI is InChI=1S/C14H28.C3H9N.ClH/c1-3-5-7-9-11-13-14-12-10-8-6-4-2;1-4(2)3;/h3H,1,4-14H2,2H3;1-3H3;1H. The van der Waals surface area contributed by atoms with Gasteiger partial charge in [-0.15, -0.1) is 19.0 Å². The molecule has 0 spiro atoms. The number of hydrogen-bond acceptors (Lipinski definition) is 1. The van der Waals surface area contributed by atoms with E-state index in [0.29, 0.717) is 0 Å². The Morgan fingerprint density at radius 1 is 0.737 bits per heavy atom. The first-order valence-electron chi connectivity index (χ1n) is 7.87. The Morgan fingerprint density at radius 3 is 1.37 bits per heavy atom. The van der Waals surface area contributed by atoms with Gasteiger partial charge in [-0.25, -0.2) is 0 Å². The van der Waals surface area contributed by atoms with Crippen LogP contribution in [0.5, 0.6) is 0 Å². The molecule has 19 heavy (non-hydrogen) atoms. The molecule has 0 amide bonds. The molecule has 0 atom stereocenters. The summed E-state index contributed by atoms with van der Waals surface area (Å²) in [6.45, 7) is 6.01. The molecule has 0 saturated heterocycles. The van der Waals surface area contributed by atoms with Crippen molar-refractivity contribution >= 4 is 12.4 Å². The summed E-state index contributed by atoms with van der Waals surface area (Å²) < 4.78 is 0. The van der Waals surface area contributed by atoms with Gasteiger partial charge in [-0.05, 0) is 34.0 Å². The minimum atomic E-state index is 0. The summed E-state index contributed by atoms with van der Waals surface area (Å²) >= 11 is 0. The molecule has 0 rings (SSSR count). The van der Waals surface area contributed by atoms with E-state index in [0.717, 1.165) is 0 Å². The minimum absolute atomic E-state index is 0. The Balaban J connectivity index is -0.000000448. The first kappa shape index (κ1) is 24.0. The third-order valence-electron chi connectivity index (χ3n) is 2.76. The molecule has 0 fully saturated rings. The average molecular weight is 292 g/mol. The molecule has 0 aliphatic heterocycles. The Hall–Kier alpha value is -0.0100. The molecule has 118 valence electrons. The van der Waals surface area contributed by atoms with Gasteiger partial charge in [0.05, 0.1) is 0 Å². The second kappa shape index (κ2) is 23.1. The first-order valence-corrected chi connectivity index (χ1v) is 7.87. The largest absolute Gasteiger partial charge is 0.312 e. The van der Waals surface area contributed by atoms with E-state index in [1.54, 1.807) is 0 Å². The highest BCUT2D eigenvalue weighted by Crippen LogP contribution is 2.11. The van der Waals surface area contributed by atoms with Crippen LogP contribution in [0.4, 0.5) is 0 Å². The summed E-state index contributed by atoms with van der Waals surface area (Å²) in [6.07, 6.45) is 17.5. The van der Waals surface area contributed by atoms with E-state index in [4.69, 9.17) is 0 Å². The van der Waals surface area contributed by atoms with E-state index in [1.165, 1.54) is 70.6 Å². The van der Waals surface area contributed by atoms with E-state index in [9.17, 15) is 0 Å². The van der Waals surface area contributed by atoms with Crippen LogP contribution in [-0.4, -0.2) is 26.0 Å². The molecule has 0 saturated carbocycles. The molecule has 2 heteroatoms. The molecule has 0 unspecified atom stereocenters. The molecule has 1 nitrogen and oxygen atoms in total. The molecule has 0 aromatic carbocycles. The Labute approximate surface area is 129 Å². The van der Waals surface area contributed by atoms with Crippen molar-refractivity contribution in [3.63, 3.8) is 0 Å². The van der Waals surface area contributed by atoms with Crippen molar-refractivity contribution in [3.8, 4) is 0 Å². The Morgan fingerprint density at radius 2 is 1.05 bits per heavy atom. The van der Waals surface area contributed by atoms with Gasteiger partial charge < -0.3 is 4.90 Å². The van der Waals surface area contributed by atoms with Crippen LogP contribution in [0.25, 0.3) is 0 Å². The topological polar surface area (TPSA) is 3.24 Å². The van der Waals surface area contributed by atoms with Crippen molar-refractivity contribution < 1.29 is 0 Å². The van der Waals surface area contributed by atoms with E-state index in [2.05, 4.69) is 13.5 Å². The van der Waals surface area contributed by atoms with Crippen LogP contribution >= 0.6 is 12.4 Å². The van der Waals surface area contributed by atoms with E-state index < -0.39 is 0 Å². The third kappa shape index (κ3) is 38.1. The van der Waals surface area contributed by atoms with E-state index in [1.807, 2.05) is 32.1 Å².